The molecule has 1 aliphatic heterocycles. The number of nitrogens with zero attached hydrogens (tertiary/aromatic N) is 2. The molecule has 0 atom stereocenters. The molecule has 128 valence electrons. The van der Waals surface area contributed by atoms with Gasteiger partial charge in [0, 0.05) is 29.7 Å². The smallest absolute Gasteiger partial charge is 0.169 e. The normalized spacial score (nSPS) is 14.8. The molecule has 25 heavy (non-hydrogen) atoms. The van der Waals surface area contributed by atoms with Crippen LogP contribution in [0.4, 0.5) is 0 Å². The Morgan fingerprint density at radius 3 is 2.72 bits per heavy atom. The average molecular weight is 334 g/mol. The number of benzene rings is 2. The van der Waals surface area contributed by atoms with E-state index >= 15 is 0 Å². The number of rotatable bonds is 5. The van der Waals surface area contributed by atoms with E-state index in [1.54, 1.807) is 13.3 Å². The minimum absolute atomic E-state index is 0.747. The maximum atomic E-state index is 6.25. The van der Waals surface area contributed by atoms with Gasteiger partial charge in [0.1, 0.15) is 5.75 Å². The van der Waals surface area contributed by atoms with Gasteiger partial charge in [0.05, 0.1) is 7.11 Å². The van der Waals surface area contributed by atoms with Crippen molar-refractivity contribution >= 4 is 10.8 Å². The van der Waals surface area contributed by atoms with Gasteiger partial charge in [-0.3, -0.25) is 9.88 Å². The van der Waals surface area contributed by atoms with Crippen molar-refractivity contribution in [1.29, 1.82) is 0 Å². The van der Waals surface area contributed by atoms with E-state index < -0.39 is 0 Å². The largest absolute Gasteiger partial charge is 0.493 e. The number of hydrogen-bond donors (Lipinski definition) is 0. The third-order valence-electron chi connectivity index (χ3n) is 4.69. The molecule has 4 rings (SSSR count). The molecular weight excluding hydrogens is 312 g/mol. The van der Waals surface area contributed by atoms with Gasteiger partial charge in [0.25, 0.3) is 0 Å². The number of methoxy groups -OCH3 is 1. The summed E-state index contributed by atoms with van der Waals surface area (Å²) in [5.41, 5.74) is 1.25. The lowest BCUT2D eigenvalue weighted by molar-refractivity contribution is 0.329. The minimum atomic E-state index is 0.747. The molecule has 4 nitrogen and oxygen atoms in total. The molecule has 1 fully saturated rings. The Labute approximate surface area is 148 Å². The van der Waals surface area contributed by atoms with Crippen LogP contribution in [0, 0.1) is 0 Å². The third-order valence-corrected chi connectivity index (χ3v) is 4.69. The first-order valence-corrected chi connectivity index (χ1v) is 8.73. The van der Waals surface area contributed by atoms with Crippen LogP contribution in [0.25, 0.3) is 10.8 Å². The second kappa shape index (κ2) is 7.11. The van der Waals surface area contributed by atoms with Gasteiger partial charge in [-0.1, -0.05) is 18.2 Å². The lowest BCUT2D eigenvalue weighted by Gasteiger charge is -2.17. The molecule has 0 N–H and O–H groups in total. The highest BCUT2D eigenvalue weighted by atomic mass is 16.5. The quantitative estimate of drug-likeness (QED) is 0.681. The van der Waals surface area contributed by atoms with Gasteiger partial charge in [0.15, 0.2) is 11.5 Å². The first-order chi connectivity index (χ1) is 12.3. The van der Waals surface area contributed by atoms with Crippen LogP contribution in [0.5, 0.6) is 17.2 Å². The van der Waals surface area contributed by atoms with Gasteiger partial charge in [-0.25, -0.2) is 0 Å². The maximum Gasteiger partial charge on any atom is 0.169 e. The molecule has 1 aromatic heterocycles. The predicted octanol–water partition coefficient (Wildman–Crippen LogP) is 4.63. The standard InChI is InChI=1S/C21H22N2O2/c1-24-20-8-7-16(15-23-11-2-3-12-23)13-21(20)25-19-6-4-5-17-14-22-10-9-18(17)19/h4-10,13-14H,2-3,11-12,15H2,1H3. The van der Waals surface area contributed by atoms with Crippen molar-refractivity contribution in [3.63, 3.8) is 0 Å². The zero-order valence-electron chi connectivity index (χ0n) is 14.4. The number of ether oxygens (including phenoxy) is 2. The summed E-state index contributed by atoms with van der Waals surface area (Å²) in [6.07, 6.45) is 6.23. The van der Waals surface area contributed by atoms with Crippen LogP contribution < -0.4 is 9.47 Å². The monoisotopic (exact) mass is 334 g/mol. The molecule has 0 aliphatic carbocycles. The Hall–Kier alpha value is -2.59. The first-order valence-electron chi connectivity index (χ1n) is 8.73. The molecular formula is C21H22N2O2. The molecule has 2 aromatic carbocycles. The van der Waals surface area contributed by atoms with Crippen molar-refractivity contribution in [1.82, 2.24) is 9.88 Å². The van der Waals surface area contributed by atoms with E-state index in [-0.39, 0.29) is 0 Å². The van der Waals surface area contributed by atoms with Crippen LogP contribution in [-0.4, -0.2) is 30.1 Å². The number of fused-ring (bicyclic) bond motifs is 1. The van der Waals surface area contributed by atoms with Crippen molar-refractivity contribution in [2.45, 2.75) is 19.4 Å². The van der Waals surface area contributed by atoms with Crippen LogP contribution in [0.3, 0.4) is 0 Å². The van der Waals surface area contributed by atoms with Gasteiger partial charge < -0.3 is 9.47 Å². The second-order valence-corrected chi connectivity index (χ2v) is 6.42. The van der Waals surface area contributed by atoms with E-state index in [1.165, 1.54) is 31.5 Å². The van der Waals surface area contributed by atoms with Gasteiger partial charge in [-0.05, 0) is 55.8 Å². The highest BCUT2D eigenvalue weighted by molar-refractivity contribution is 5.87. The molecule has 1 aliphatic rings. The molecule has 0 spiro atoms. The third kappa shape index (κ3) is 3.44. The lowest BCUT2D eigenvalue weighted by atomic mass is 10.1. The Morgan fingerprint density at radius 1 is 1.00 bits per heavy atom. The van der Waals surface area contributed by atoms with Crippen molar-refractivity contribution in [2.24, 2.45) is 0 Å². The van der Waals surface area contributed by atoms with Crippen LogP contribution in [0.1, 0.15) is 18.4 Å². The molecule has 1 saturated heterocycles. The van der Waals surface area contributed by atoms with Crippen molar-refractivity contribution in [3.05, 3.63) is 60.4 Å². The van der Waals surface area contributed by atoms with Gasteiger partial charge in [-0.2, -0.15) is 0 Å². The topological polar surface area (TPSA) is 34.6 Å². The van der Waals surface area contributed by atoms with Crippen LogP contribution in [0.15, 0.2) is 54.9 Å². The number of hydrogen-bond acceptors (Lipinski definition) is 4. The summed E-state index contributed by atoms with van der Waals surface area (Å²) >= 11 is 0. The zero-order chi connectivity index (χ0) is 17.1. The average Bonchev–Trinajstić information content (AvgIpc) is 3.15. The SMILES string of the molecule is COc1ccc(CN2CCCC2)cc1Oc1cccc2cnccc12. The summed E-state index contributed by atoms with van der Waals surface area (Å²) in [4.78, 5) is 6.66. The Kier molecular flexibility index (Phi) is 4.53. The number of aromatic nitrogens is 1. The van der Waals surface area contributed by atoms with Crippen molar-refractivity contribution in [3.8, 4) is 17.2 Å². The fourth-order valence-electron chi connectivity index (χ4n) is 3.40. The fourth-order valence-corrected chi connectivity index (χ4v) is 3.40. The van der Waals surface area contributed by atoms with Crippen molar-refractivity contribution in [2.75, 3.05) is 20.2 Å². The first kappa shape index (κ1) is 15.9. The zero-order valence-corrected chi connectivity index (χ0v) is 14.4. The molecule has 0 amide bonds. The Morgan fingerprint density at radius 2 is 1.88 bits per heavy atom. The summed E-state index contributed by atoms with van der Waals surface area (Å²) in [5, 5.41) is 2.11. The maximum absolute atomic E-state index is 6.25. The molecule has 0 radical (unpaired) electrons. The molecule has 0 bridgehead atoms. The molecule has 4 heteroatoms. The van der Waals surface area contributed by atoms with E-state index in [1.807, 2.05) is 36.5 Å². The van der Waals surface area contributed by atoms with E-state index in [4.69, 9.17) is 9.47 Å². The van der Waals surface area contributed by atoms with Gasteiger partial charge in [0.2, 0.25) is 0 Å². The molecule has 0 saturated carbocycles. The second-order valence-electron chi connectivity index (χ2n) is 6.42. The highest BCUT2D eigenvalue weighted by Gasteiger charge is 2.14. The van der Waals surface area contributed by atoms with Gasteiger partial charge in [-0.15, -0.1) is 0 Å². The van der Waals surface area contributed by atoms with E-state index in [9.17, 15) is 0 Å². The number of pyridine rings is 1. The molecule has 3 aromatic rings. The van der Waals surface area contributed by atoms with Crippen molar-refractivity contribution < 1.29 is 9.47 Å². The highest BCUT2D eigenvalue weighted by Crippen LogP contribution is 2.36. The summed E-state index contributed by atoms with van der Waals surface area (Å²) in [6.45, 7) is 3.32. The molecule has 2 heterocycles. The predicted molar refractivity (Wildman–Crippen MR) is 99.3 cm³/mol. The van der Waals surface area contributed by atoms with E-state index in [0.717, 1.165) is 34.6 Å². The summed E-state index contributed by atoms with van der Waals surface area (Å²) in [6, 6.07) is 14.2. The van der Waals surface area contributed by atoms with E-state index in [2.05, 4.69) is 22.0 Å². The number of likely N-dealkylation sites (tertiary alicyclic amines) is 1. The minimum Gasteiger partial charge on any atom is -0.493 e. The summed E-state index contributed by atoms with van der Waals surface area (Å²) in [5.74, 6) is 2.32. The van der Waals surface area contributed by atoms with Gasteiger partial charge >= 0.3 is 0 Å². The summed E-state index contributed by atoms with van der Waals surface area (Å²) in [7, 11) is 1.68. The Bertz CT molecular complexity index is 867. The van der Waals surface area contributed by atoms with Crippen LogP contribution in [-0.2, 0) is 6.54 Å². The Balaban J connectivity index is 1.65. The summed E-state index contributed by atoms with van der Waals surface area (Å²) < 4.78 is 11.8. The molecule has 0 unspecified atom stereocenters. The van der Waals surface area contributed by atoms with Crippen LogP contribution in [0.2, 0.25) is 0 Å². The van der Waals surface area contributed by atoms with Crippen LogP contribution >= 0.6 is 0 Å². The lowest BCUT2D eigenvalue weighted by Crippen LogP contribution is -2.18. The fraction of sp³-hybridized carbons (Fsp3) is 0.286. The van der Waals surface area contributed by atoms with E-state index in [0.29, 0.717) is 0 Å².